The van der Waals surface area contributed by atoms with Gasteiger partial charge in [0.1, 0.15) is 11.6 Å². The van der Waals surface area contributed by atoms with Crippen LogP contribution in [0.3, 0.4) is 0 Å². The first kappa shape index (κ1) is 20.2. The molecule has 156 valence electrons. The highest BCUT2D eigenvalue weighted by atomic mass is 16.3. The molecule has 4 N–H and O–H groups in total. The fraction of sp³-hybridized carbons (Fsp3) is 0.360. The molecule has 0 amide bonds. The second-order valence-corrected chi connectivity index (χ2v) is 8.46. The number of hydrogen-bond acceptors (Lipinski definition) is 4. The highest BCUT2D eigenvalue weighted by Crippen LogP contribution is 2.55. The van der Waals surface area contributed by atoms with Crippen LogP contribution in [0.2, 0.25) is 0 Å². The van der Waals surface area contributed by atoms with Gasteiger partial charge >= 0.3 is 0 Å². The van der Waals surface area contributed by atoms with Crippen LogP contribution in [0.25, 0.3) is 22.3 Å². The number of nitrogens with zero attached hydrogens (tertiary/aromatic N) is 1. The Kier molecular flexibility index (Phi) is 5.62. The number of pyridine rings is 2. The zero-order valence-corrected chi connectivity index (χ0v) is 17.4. The van der Waals surface area contributed by atoms with Crippen LogP contribution in [-0.2, 0) is 6.42 Å². The first-order chi connectivity index (χ1) is 14.5. The summed E-state index contributed by atoms with van der Waals surface area (Å²) in [6, 6.07) is 10.1. The molecule has 2 fully saturated rings. The number of rotatable bonds is 3. The third-order valence-corrected chi connectivity index (χ3v) is 6.65. The molecule has 1 spiro atoms. The standard InChI is InChI=1S/C18H17N3O2.C7H12/c1-2-14-15(12-5-8-16(23)20-9-12)10-21-18(19)17(14)11-3-6-13(22)7-4-11;1-3-7(4-1)5-2-6-7/h3-10,22H,2H2,1H3,(H2,19,21)(H,20,23);1-6H2. The van der Waals surface area contributed by atoms with E-state index in [1.807, 2.05) is 19.1 Å². The van der Waals surface area contributed by atoms with E-state index in [1.165, 1.54) is 18.9 Å². The number of nitrogens with two attached hydrogens (primary N) is 1. The number of phenolic OH excluding ortho intramolecular Hbond substituents is 1. The molecule has 2 saturated carbocycles. The molecule has 1 aromatic carbocycles. The van der Waals surface area contributed by atoms with Gasteiger partial charge in [-0.15, -0.1) is 0 Å². The van der Waals surface area contributed by atoms with Crippen LogP contribution < -0.4 is 11.3 Å². The molecule has 0 atom stereocenters. The number of H-pyrrole nitrogens is 1. The van der Waals surface area contributed by atoms with Gasteiger partial charge in [-0.25, -0.2) is 4.98 Å². The van der Waals surface area contributed by atoms with E-state index < -0.39 is 0 Å². The topological polar surface area (TPSA) is 92.0 Å². The van der Waals surface area contributed by atoms with E-state index in [2.05, 4.69) is 9.97 Å². The van der Waals surface area contributed by atoms with Crippen molar-refractivity contribution in [1.82, 2.24) is 9.97 Å². The Morgan fingerprint density at radius 1 is 1.03 bits per heavy atom. The summed E-state index contributed by atoms with van der Waals surface area (Å²) in [4.78, 5) is 18.3. The normalized spacial score (nSPS) is 16.2. The Morgan fingerprint density at radius 3 is 2.13 bits per heavy atom. The highest BCUT2D eigenvalue weighted by Gasteiger charge is 2.41. The van der Waals surface area contributed by atoms with E-state index in [0.29, 0.717) is 5.82 Å². The van der Waals surface area contributed by atoms with Crippen molar-refractivity contribution < 1.29 is 5.11 Å². The van der Waals surface area contributed by atoms with E-state index in [4.69, 9.17) is 5.73 Å². The second-order valence-electron chi connectivity index (χ2n) is 8.46. The van der Waals surface area contributed by atoms with Gasteiger partial charge in [0.05, 0.1) is 0 Å². The van der Waals surface area contributed by atoms with Crippen molar-refractivity contribution in [3.8, 4) is 28.0 Å². The number of phenols is 1. The molecule has 0 saturated heterocycles. The van der Waals surface area contributed by atoms with Crippen molar-refractivity contribution in [2.75, 3.05) is 5.73 Å². The molecule has 2 aromatic heterocycles. The average Bonchev–Trinajstić information content (AvgIpc) is 2.67. The Balaban J connectivity index is 0.000000259. The molecular formula is C25H29N3O2. The Morgan fingerprint density at radius 2 is 1.67 bits per heavy atom. The molecule has 5 rings (SSSR count). The van der Waals surface area contributed by atoms with Crippen molar-refractivity contribution in [3.63, 3.8) is 0 Å². The lowest BCUT2D eigenvalue weighted by atomic mass is 9.56. The summed E-state index contributed by atoms with van der Waals surface area (Å²) >= 11 is 0. The van der Waals surface area contributed by atoms with Crippen LogP contribution >= 0.6 is 0 Å². The molecule has 5 heteroatoms. The van der Waals surface area contributed by atoms with E-state index in [1.54, 1.807) is 56.3 Å². The van der Waals surface area contributed by atoms with Gasteiger partial charge < -0.3 is 15.8 Å². The fourth-order valence-electron chi connectivity index (χ4n) is 4.56. The molecule has 3 aromatic rings. The first-order valence-corrected chi connectivity index (χ1v) is 10.8. The summed E-state index contributed by atoms with van der Waals surface area (Å²) < 4.78 is 0. The molecular weight excluding hydrogens is 374 g/mol. The molecule has 2 aliphatic carbocycles. The summed E-state index contributed by atoms with van der Waals surface area (Å²) in [5.41, 5.74) is 11.5. The van der Waals surface area contributed by atoms with Gasteiger partial charge in [0, 0.05) is 29.6 Å². The lowest BCUT2D eigenvalue weighted by molar-refractivity contribution is 0.0314. The number of benzene rings is 1. The highest BCUT2D eigenvalue weighted by molar-refractivity contribution is 5.84. The number of aromatic hydroxyl groups is 1. The minimum atomic E-state index is -0.144. The lowest BCUT2D eigenvalue weighted by Gasteiger charge is -2.49. The van der Waals surface area contributed by atoms with Gasteiger partial charge in [-0.1, -0.05) is 31.9 Å². The van der Waals surface area contributed by atoms with Crippen molar-refractivity contribution in [2.24, 2.45) is 5.41 Å². The minimum Gasteiger partial charge on any atom is -0.508 e. The summed E-state index contributed by atoms with van der Waals surface area (Å²) in [5.74, 6) is 0.649. The predicted octanol–water partition coefficient (Wildman–Crippen LogP) is 5.29. The van der Waals surface area contributed by atoms with Crippen LogP contribution in [0.4, 0.5) is 5.82 Å². The molecule has 2 heterocycles. The molecule has 0 aliphatic heterocycles. The van der Waals surface area contributed by atoms with Gasteiger partial charge in [0.2, 0.25) is 5.56 Å². The largest absolute Gasteiger partial charge is 0.508 e. The number of anilines is 1. The molecule has 5 nitrogen and oxygen atoms in total. The SMILES string of the molecule is C1CC2(C1)CCC2.CCc1c(-c2ccc(=O)[nH]c2)cnc(N)c1-c1ccc(O)cc1. The fourth-order valence-corrected chi connectivity index (χ4v) is 4.56. The van der Waals surface area contributed by atoms with Crippen molar-refractivity contribution in [2.45, 2.75) is 51.9 Å². The Hall–Kier alpha value is -3.08. The second kappa shape index (κ2) is 8.34. The number of nitrogens with one attached hydrogen (secondary N) is 1. The van der Waals surface area contributed by atoms with Gasteiger partial charge in [0.25, 0.3) is 0 Å². The van der Waals surface area contributed by atoms with E-state index in [0.717, 1.165) is 39.7 Å². The van der Waals surface area contributed by atoms with Gasteiger partial charge in [-0.2, -0.15) is 0 Å². The number of hydrogen-bond donors (Lipinski definition) is 3. The van der Waals surface area contributed by atoms with Crippen molar-refractivity contribution in [3.05, 3.63) is 64.7 Å². The van der Waals surface area contributed by atoms with E-state index in [9.17, 15) is 9.90 Å². The van der Waals surface area contributed by atoms with Crippen LogP contribution in [0.15, 0.2) is 53.6 Å². The summed E-state index contributed by atoms with van der Waals surface area (Å²) in [6.45, 7) is 2.05. The number of nitrogen functional groups attached to an aromatic ring is 1. The van der Waals surface area contributed by atoms with Crippen LogP contribution in [0.5, 0.6) is 5.75 Å². The third-order valence-electron chi connectivity index (χ3n) is 6.65. The van der Waals surface area contributed by atoms with Gasteiger partial charge in [-0.3, -0.25) is 4.79 Å². The third kappa shape index (κ3) is 3.97. The maximum Gasteiger partial charge on any atom is 0.247 e. The van der Waals surface area contributed by atoms with Crippen LogP contribution in [0, 0.1) is 5.41 Å². The quantitative estimate of drug-likeness (QED) is 0.554. The van der Waals surface area contributed by atoms with Crippen molar-refractivity contribution in [1.29, 1.82) is 0 Å². The summed E-state index contributed by atoms with van der Waals surface area (Å²) in [5, 5.41) is 9.48. The molecule has 2 aliphatic rings. The molecule has 0 unspecified atom stereocenters. The van der Waals surface area contributed by atoms with Crippen LogP contribution in [-0.4, -0.2) is 15.1 Å². The van der Waals surface area contributed by atoms with E-state index >= 15 is 0 Å². The summed E-state index contributed by atoms with van der Waals surface area (Å²) in [7, 11) is 0. The lowest BCUT2D eigenvalue weighted by Crippen LogP contribution is -2.35. The Bertz CT molecular complexity index is 1040. The first-order valence-electron chi connectivity index (χ1n) is 10.8. The molecule has 0 radical (unpaired) electrons. The smallest absolute Gasteiger partial charge is 0.247 e. The van der Waals surface area contributed by atoms with Gasteiger partial charge in [-0.05, 0) is 72.4 Å². The zero-order valence-electron chi connectivity index (χ0n) is 17.4. The zero-order chi connectivity index (χ0) is 21.1. The summed E-state index contributed by atoms with van der Waals surface area (Å²) in [6.07, 6.45) is 13.5. The maximum absolute atomic E-state index is 11.3. The number of aromatic amines is 1. The number of aromatic nitrogens is 2. The van der Waals surface area contributed by atoms with Crippen LogP contribution in [0.1, 0.15) is 51.0 Å². The molecule has 30 heavy (non-hydrogen) atoms. The maximum atomic E-state index is 11.3. The van der Waals surface area contributed by atoms with Gasteiger partial charge in [0.15, 0.2) is 0 Å². The minimum absolute atomic E-state index is 0.144. The van der Waals surface area contributed by atoms with E-state index in [-0.39, 0.29) is 11.3 Å². The monoisotopic (exact) mass is 403 g/mol. The average molecular weight is 404 g/mol. The predicted molar refractivity (Wildman–Crippen MR) is 121 cm³/mol. The van der Waals surface area contributed by atoms with Crippen molar-refractivity contribution >= 4 is 5.82 Å². The molecule has 0 bridgehead atoms. The Labute approximate surface area is 177 Å².